The maximum atomic E-state index is 12.1. The van der Waals surface area contributed by atoms with Crippen molar-refractivity contribution in [1.82, 2.24) is 5.32 Å². The quantitative estimate of drug-likeness (QED) is 0.664. The zero-order valence-electron chi connectivity index (χ0n) is 13.4. The van der Waals surface area contributed by atoms with Crippen LogP contribution in [-0.2, 0) is 14.8 Å². The zero-order valence-corrected chi connectivity index (χ0v) is 14.2. The molecule has 1 atom stereocenters. The van der Waals surface area contributed by atoms with E-state index in [1.54, 1.807) is 19.1 Å². The van der Waals surface area contributed by atoms with Gasteiger partial charge in [-0.25, -0.2) is 8.42 Å². The number of carboxylic acids is 1. The number of carbonyl (C=O) groups excluding carboxylic acids is 1. The number of amides is 1. The summed E-state index contributed by atoms with van der Waals surface area (Å²) >= 11 is 0. The summed E-state index contributed by atoms with van der Waals surface area (Å²) in [6.07, 6.45) is 2.21. The van der Waals surface area contributed by atoms with Gasteiger partial charge in [-0.1, -0.05) is 19.4 Å². The van der Waals surface area contributed by atoms with Crippen LogP contribution in [0.3, 0.4) is 0 Å². The highest BCUT2D eigenvalue weighted by molar-refractivity contribution is 7.92. The summed E-state index contributed by atoms with van der Waals surface area (Å²) in [7, 11) is -3.45. The minimum absolute atomic E-state index is 0.0325. The second kappa shape index (κ2) is 7.96. The van der Waals surface area contributed by atoms with Gasteiger partial charge in [0.25, 0.3) is 5.91 Å². The second-order valence-corrected chi connectivity index (χ2v) is 7.19. The van der Waals surface area contributed by atoms with Gasteiger partial charge in [-0.15, -0.1) is 0 Å². The first kappa shape index (κ1) is 19.0. The molecule has 0 heterocycles. The van der Waals surface area contributed by atoms with Crippen LogP contribution >= 0.6 is 0 Å². The molecule has 1 aromatic carbocycles. The Balaban J connectivity index is 2.84. The lowest BCUT2D eigenvalue weighted by molar-refractivity contribution is -0.141. The Morgan fingerprint density at radius 1 is 1.30 bits per heavy atom. The molecule has 0 fully saturated rings. The molecule has 128 valence electrons. The fraction of sp³-hybridized carbons (Fsp3) is 0.467. The molecule has 1 rings (SSSR count). The normalized spacial score (nSPS) is 12.5. The van der Waals surface area contributed by atoms with Crippen molar-refractivity contribution in [3.05, 3.63) is 29.3 Å². The summed E-state index contributed by atoms with van der Waals surface area (Å²) in [5, 5.41) is 11.6. The lowest BCUT2D eigenvalue weighted by atomic mass is 10.0. The lowest BCUT2D eigenvalue weighted by Crippen LogP contribution is -2.33. The van der Waals surface area contributed by atoms with Gasteiger partial charge in [0.05, 0.1) is 17.9 Å². The highest BCUT2D eigenvalue weighted by Crippen LogP contribution is 2.18. The van der Waals surface area contributed by atoms with Crippen molar-refractivity contribution >= 4 is 27.6 Å². The van der Waals surface area contributed by atoms with Crippen LogP contribution in [0.1, 0.15) is 35.7 Å². The molecule has 1 aromatic rings. The van der Waals surface area contributed by atoms with Crippen LogP contribution in [0.2, 0.25) is 0 Å². The number of hydrogen-bond acceptors (Lipinski definition) is 4. The second-order valence-electron chi connectivity index (χ2n) is 5.44. The van der Waals surface area contributed by atoms with E-state index in [1.165, 1.54) is 6.07 Å². The van der Waals surface area contributed by atoms with E-state index in [9.17, 15) is 18.0 Å². The van der Waals surface area contributed by atoms with E-state index < -0.39 is 27.8 Å². The number of sulfonamides is 1. The van der Waals surface area contributed by atoms with Crippen LogP contribution in [-0.4, -0.2) is 38.2 Å². The molecule has 0 spiro atoms. The average molecular weight is 342 g/mol. The Morgan fingerprint density at radius 3 is 2.48 bits per heavy atom. The summed E-state index contributed by atoms with van der Waals surface area (Å²) < 4.78 is 25.0. The van der Waals surface area contributed by atoms with Gasteiger partial charge in [0.15, 0.2) is 0 Å². The van der Waals surface area contributed by atoms with Crippen LogP contribution in [0.5, 0.6) is 0 Å². The maximum Gasteiger partial charge on any atom is 0.308 e. The fourth-order valence-corrected chi connectivity index (χ4v) is 2.67. The molecule has 0 aliphatic carbocycles. The van der Waals surface area contributed by atoms with Crippen molar-refractivity contribution in [3.8, 4) is 0 Å². The van der Waals surface area contributed by atoms with Gasteiger partial charge in [0.2, 0.25) is 10.0 Å². The molecule has 0 aromatic heterocycles. The molecule has 0 saturated heterocycles. The minimum atomic E-state index is -3.45. The smallest absolute Gasteiger partial charge is 0.308 e. The van der Waals surface area contributed by atoms with E-state index in [-0.39, 0.29) is 12.1 Å². The van der Waals surface area contributed by atoms with Crippen LogP contribution in [0, 0.1) is 12.8 Å². The number of carbonyl (C=O) groups is 2. The summed E-state index contributed by atoms with van der Waals surface area (Å²) in [5.41, 5.74) is 1.27. The van der Waals surface area contributed by atoms with Gasteiger partial charge >= 0.3 is 5.97 Å². The number of benzene rings is 1. The van der Waals surface area contributed by atoms with E-state index in [0.29, 0.717) is 24.1 Å². The Labute approximate surface area is 136 Å². The molecule has 1 unspecified atom stereocenters. The van der Waals surface area contributed by atoms with Crippen LogP contribution in [0.25, 0.3) is 0 Å². The molecule has 0 radical (unpaired) electrons. The molecular formula is C15H22N2O5S. The number of aryl methyl sites for hydroxylation is 1. The topological polar surface area (TPSA) is 113 Å². The lowest BCUT2D eigenvalue weighted by Gasteiger charge is -2.13. The molecule has 0 bridgehead atoms. The number of hydrogen-bond donors (Lipinski definition) is 3. The van der Waals surface area contributed by atoms with Crippen molar-refractivity contribution in [2.24, 2.45) is 5.92 Å². The summed E-state index contributed by atoms with van der Waals surface area (Å²) in [5.74, 6) is -2.03. The first-order valence-electron chi connectivity index (χ1n) is 7.23. The predicted molar refractivity (Wildman–Crippen MR) is 88.0 cm³/mol. The maximum absolute atomic E-state index is 12.1. The minimum Gasteiger partial charge on any atom is -0.481 e. The van der Waals surface area contributed by atoms with Crippen molar-refractivity contribution < 1.29 is 23.1 Å². The molecule has 7 nitrogen and oxygen atoms in total. The number of nitrogens with one attached hydrogen (secondary N) is 2. The highest BCUT2D eigenvalue weighted by atomic mass is 32.2. The Kier molecular flexibility index (Phi) is 6.56. The van der Waals surface area contributed by atoms with Crippen LogP contribution in [0.15, 0.2) is 18.2 Å². The Morgan fingerprint density at radius 2 is 1.96 bits per heavy atom. The predicted octanol–water partition coefficient (Wildman–Crippen LogP) is 1.60. The van der Waals surface area contributed by atoms with E-state index in [0.717, 1.165) is 6.26 Å². The summed E-state index contributed by atoms with van der Waals surface area (Å²) in [6, 6.07) is 4.62. The van der Waals surface area contributed by atoms with Gasteiger partial charge in [-0.2, -0.15) is 0 Å². The molecule has 3 N–H and O–H groups in total. The molecule has 8 heteroatoms. The zero-order chi connectivity index (χ0) is 17.6. The molecule has 0 saturated carbocycles. The third kappa shape index (κ3) is 6.27. The van der Waals surface area contributed by atoms with E-state index in [2.05, 4.69) is 10.0 Å². The molecule has 1 amide bonds. The Hall–Kier alpha value is -2.09. The standard InChI is InChI=1S/C15H22N2O5S/c1-4-5-12(15(19)20)9-16-14(18)11-7-6-10(2)13(8-11)17-23(3,21)22/h6-8,12,17H,4-5,9H2,1-3H3,(H,16,18)(H,19,20). The highest BCUT2D eigenvalue weighted by Gasteiger charge is 2.18. The Bertz CT molecular complexity index is 685. The van der Waals surface area contributed by atoms with Gasteiger partial charge < -0.3 is 10.4 Å². The van der Waals surface area contributed by atoms with Gasteiger partial charge in [-0.05, 0) is 31.0 Å². The average Bonchev–Trinajstić information content (AvgIpc) is 2.43. The van der Waals surface area contributed by atoms with Crippen molar-refractivity contribution in [2.45, 2.75) is 26.7 Å². The largest absolute Gasteiger partial charge is 0.481 e. The van der Waals surface area contributed by atoms with Crippen LogP contribution in [0.4, 0.5) is 5.69 Å². The van der Waals surface area contributed by atoms with Gasteiger partial charge in [0, 0.05) is 12.1 Å². The molecule has 0 aliphatic heterocycles. The van der Waals surface area contributed by atoms with E-state index in [4.69, 9.17) is 5.11 Å². The molecular weight excluding hydrogens is 320 g/mol. The van der Waals surface area contributed by atoms with E-state index >= 15 is 0 Å². The third-order valence-corrected chi connectivity index (χ3v) is 3.88. The number of rotatable bonds is 8. The van der Waals surface area contributed by atoms with Crippen LogP contribution < -0.4 is 10.0 Å². The summed E-state index contributed by atoms with van der Waals surface area (Å²) in [4.78, 5) is 23.2. The number of aliphatic carboxylic acids is 1. The van der Waals surface area contributed by atoms with Gasteiger partial charge in [-0.3, -0.25) is 14.3 Å². The summed E-state index contributed by atoms with van der Waals surface area (Å²) in [6.45, 7) is 3.63. The molecule has 23 heavy (non-hydrogen) atoms. The first-order chi connectivity index (χ1) is 10.6. The number of carboxylic acid groups (broad SMARTS) is 1. The number of anilines is 1. The van der Waals surface area contributed by atoms with Gasteiger partial charge in [0.1, 0.15) is 0 Å². The third-order valence-electron chi connectivity index (χ3n) is 3.29. The molecule has 0 aliphatic rings. The monoisotopic (exact) mass is 342 g/mol. The van der Waals surface area contributed by atoms with Crippen molar-refractivity contribution in [1.29, 1.82) is 0 Å². The van der Waals surface area contributed by atoms with Crippen molar-refractivity contribution in [2.75, 3.05) is 17.5 Å². The fourth-order valence-electron chi connectivity index (χ4n) is 2.05. The van der Waals surface area contributed by atoms with E-state index in [1.807, 2.05) is 6.92 Å². The van der Waals surface area contributed by atoms with Crippen molar-refractivity contribution in [3.63, 3.8) is 0 Å². The first-order valence-corrected chi connectivity index (χ1v) is 9.12. The SMILES string of the molecule is CCCC(CNC(=O)c1ccc(C)c(NS(C)(=O)=O)c1)C(=O)O.